The summed E-state index contributed by atoms with van der Waals surface area (Å²) in [6, 6.07) is 0.705. The predicted octanol–water partition coefficient (Wildman–Crippen LogP) is 2.02. The van der Waals surface area contributed by atoms with Crippen molar-refractivity contribution in [3.05, 3.63) is 12.4 Å². The zero-order chi connectivity index (χ0) is 9.54. The van der Waals surface area contributed by atoms with Gasteiger partial charge in [-0.15, -0.1) is 0 Å². The summed E-state index contributed by atoms with van der Waals surface area (Å²) in [5, 5.41) is 3.60. The van der Waals surface area contributed by atoms with Crippen molar-refractivity contribution in [1.82, 2.24) is 9.55 Å². The molecule has 0 atom stereocenters. The fourth-order valence-electron chi connectivity index (χ4n) is 2.19. The van der Waals surface area contributed by atoms with E-state index in [1.165, 1.54) is 25.7 Å². The molecule has 0 bridgehead atoms. The molecule has 1 aromatic rings. The SMILES string of the molecule is Cn1ccnc1NC(C1CC1)C1CC1. The van der Waals surface area contributed by atoms with Crippen LogP contribution in [0, 0.1) is 11.8 Å². The van der Waals surface area contributed by atoms with Crippen molar-refractivity contribution < 1.29 is 0 Å². The molecule has 14 heavy (non-hydrogen) atoms. The average molecular weight is 191 g/mol. The van der Waals surface area contributed by atoms with Crippen LogP contribution in [0.15, 0.2) is 12.4 Å². The first-order chi connectivity index (χ1) is 6.84. The number of hydrogen-bond acceptors (Lipinski definition) is 2. The van der Waals surface area contributed by atoms with E-state index in [-0.39, 0.29) is 0 Å². The molecule has 0 unspecified atom stereocenters. The van der Waals surface area contributed by atoms with Crippen LogP contribution in [0.4, 0.5) is 5.95 Å². The van der Waals surface area contributed by atoms with Crippen molar-refractivity contribution in [2.45, 2.75) is 31.7 Å². The first kappa shape index (κ1) is 8.33. The van der Waals surface area contributed by atoms with Crippen LogP contribution in [0.3, 0.4) is 0 Å². The second kappa shape index (κ2) is 3.01. The molecule has 2 fully saturated rings. The van der Waals surface area contributed by atoms with Crippen LogP contribution in [0.1, 0.15) is 25.7 Å². The minimum Gasteiger partial charge on any atom is -0.352 e. The predicted molar refractivity (Wildman–Crippen MR) is 56.1 cm³/mol. The smallest absolute Gasteiger partial charge is 0.202 e. The van der Waals surface area contributed by atoms with E-state index in [1.54, 1.807) is 0 Å². The molecule has 1 N–H and O–H groups in total. The Hall–Kier alpha value is -0.990. The zero-order valence-electron chi connectivity index (χ0n) is 8.61. The van der Waals surface area contributed by atoms with Crippen molar-refractivity contribution >= 4 is 5.95 Å². The molecule has 0 spiro atoms. The Morgan fingerprint density at radius 3 is 2.43 bits per heavy atom. The molecule has 2 aliphatic carbocycles. The normalized spacial score (nSPS) is 21.6. The first-order valence-electron chi connectivity index (χ1n) is 5.58. The number of aromatic nitrogens is 2. The highest BCUT2D eigenvalue weighted by Gasteiger charge is 2.41. The lowest BCUT2D eigenvalue weighted by Crippen LogP contribution is -2.25. The lowest BCUT2D eigenvalue weighted by molar-refractivity contribution is 0.560. The maximum atomic E-state index is 4.33. The summed E-state index contributed by atoms with van der Waals surface area (Å²) in [6.07, 6.45) is 9.52. The number of rotatable bonds is 4. The maximum absolute atomic E-state index is 4.33. The fraction of sp³-hybridized carbons (Fsp3) is 0.727. The van der Waals surface area contributed by atoms with E-state index in [0.717, 1.165) is 17.8 Å². The second-order valence-corrected chi connectivity index (χ2v) is 4.71. The highest BCUT2D eigenvalue weighted by Crippen LogP contribution is 2.45. The Morgan fingerprint density at radius 1 is 1.36 bits per heavy atom. The Bertz CT molecular complexity index is 311. The van der Waals surface area contributed by atoms with Gasteiger partial charge in [0.15, 0.2) is 0 Å². The molecule has 0 aromatic carbocycles. The van der Waals surface area contributed by atoms with Crippen LogP contribution in [0.5, 0.6) is 0 Å². The van der Waals surface area contributed by atoms with Crippen LogP contribution in [-0.4, -0.2) is 15.6 Å². The zero-order valence-corrected chi connectivity index (χ0v) is 8.61. The molecule has 0 aliphatic heterocycles. The molecular formula is C11H17N3. The minimum atomic E-state index is 0.705. The molecule has 2 saturated carbocycles. The van der Waals surface area contributed by atoms with E-state index in [9.17, 15) is 0 Å². The van der Waals surface area contributed by atoms with E-state index >= 15 is 0 Å². The Morgan fingerprint density at radius 2 is 2.00 bits per heavy atom. The van der Waals surface area contributed by atoms with E-state index in [4.69, 9.17) is 0 Å². The van der Waals surface area contributed by atoms with Gasteiger partial charge in [-0.3, -0.25) is 0 Å². The highest BCUT2D eigenvalue weighted by molar-refractivity contribution is 5.29. The van der Waals surface area contributed by atoms with E-state index in [1.807, 2.05) is 19.4 Å². The number of nitrogens with zero attached hydrogens (tertiary/aromatic N) is 2. The summed E-state index contributed by atoms with van der Waals surface area (Å²) >= 11 is 0. The molecule has 1 aromatic heterocycles. The molecular weight excluding hydrogens is 174 g/mol. The van der Waals surface area contributed by atoms with Crippen molar-refractivity contribution in [3.63, 3.8) is 0 Å². The summed E-state index contributed by atoms with van der Waals surface area (Å²) in [7, 11) is 2.05. The monoisotopic (exact) mass is 191 g/mol. The number of anilines is 1. The lowest BCUT2D eigenvalue weighted by atomic mass is 10.1. The molecule has 3 nitrogen and oxygen atoms in total. The van der Waals surface area contributed by atoms with E-state index in [0.29, 0.717) is 6.04 Å². The Kier molecular flexibility index (Phi) is 1.79. The molecule has 76 valence electrons. The Balaban J connectivity index is 1.71. The second-order valence-electron chi connectivity index (χ2n) is 4.71. The third kappa shape index (κ3) is 1.51. The van der Waals surface area contributed by atoms with E-state index < -0.39 is 0 Å². The maximum Gasteiger partial charge on any atom is 0.202 e. The lowest BCUT2D eigenvalue weighted by Gasteiger charge is -2.18. The number of nitrogens with one attached hydrogen (secondary N) is 1. The van der Waals surface area contributed by atoms with Gasteiger partial charge in [-0.1, -0.05) is 0 Å². The molecule has 0 saturated heterocycles. The van der Waals surface area contributed by atoms with Crippen molar-refractivity contribution in [1.29, 1.82) is 0 Å². The van der Waals surface area contributed by atoms with Gasteiger partial charge < -0.3 is 9.88 Å². The van der Waals surface area contributed by atoms with Crippen molar-refractivity contribution in [3.8, 4) is 0 Å². The van der Waals surface area contributed by atoms with Gasteiger partial charge in [0.2, 0.25) is 5.95 Å². The molecule has 3 rings (SSSR count). The van der Waals surface area contributed by atoms with Gasteiger partial charge >= 0.3 is 0 Å². The minimum absolute atomic E-state index is 0.705. The fourth-order valence-corrected chi connectivity index (χ4v) is 2.19. The molecule has 1 heterocycles. The molecule has 2 aliphatic rings. The van der Waals surface area contributed by atoms with E-state index in [2.05, 4.69) is 14.9 Å². The molecule has 3 heteroatoms. The standard InChI is InChI=1S/C11H17N3/c1-14-7-6-12-11(14)13-10(8-2-3-8)9-4-5-9/h6-10H,2-5H2,1H3,(H,12,13). The molecule has 0 amide bonds. The van der Waals surface area contributed by atoms with Crippen LogP contribution in [-0.2, 0) is 7.05 Å². The Labute approximate surface area is 84.5 Å². The van der Waals surface area contributed by atoms with Crippen LogP contribution in [0.25, 0.3) is 0 Å². The van der Waals surface area contributed by atoms with Crippen LogP contribution >= 0.6 is 0 Å². The van der Waals surface area contributed by atoms with Gasteiger partial charge in [0.05, 0.1) is 0 Å². The molecule has 0 radical (unpaired) electrons. The van der Waals surface area contributed by atoms with Crippen LogP contribution < -0.4 is 5.32 Å². The third-order valence-electron chi connectivity index (χ3n) is 3.38. The number of hydrogen-bond donors (Lipinski definition) is 1. The van der Waals surface area contributed by atoms with Gasteiger partial charge in [-0.05, 0) is 37.5 Å². The summed E-state index contributed by atoms with van der Waals surface area (Å²) in [4.78, 5) is 4.33. The highest BCUT2D eigenvalue weighted by atomic mass is 15.2. The topological polar surface area (TPSA) is 29.9 Å². The van der Waals surface area contributed by atoms with Gasteiger partial charge in [0.25, 0.3) is 0 Å². The summed E-state index contributed by atoms with van der Waals surface area (Å²) in [5.41, 5.74) is 0. The van der Waals surface area contributed by atoms with Crippen molar-refractivity contribution in [2.24, 2.45) is 18.9 Å². The average Bonchev–Trinajstić information content (AvgIpc) is 3.05. The number of aryl methyl sites for hydroxylation is 1. The first-order valence-corrected chi connectivity index (χ1v) is 5.58. The largest absolute Gasteiger partial charge is 0.352 e. The summed E-state index contributed by atoms with van der Waals surface area (Å²) in [5.74, 6) is 2.90. The third-order valence-corrected chi connectivity index (χ3v) is 3.38. The van der Waals surface area contributed by atoms with Gasteiger partial charge in [-0.25, -0.2) is 4.98 Å². The number of imidazole rings is 1. The quantitative estimate of drug-likeness (QED) is 0.789. The summed E-state index contributed by atoms with van der Waals surface area (Å²) < 4.78 is 2.07. The van der Waals surface area contributed by atoms with Crippen LogP contribution in [0.2, 0.25) is 0 Å². The van der Waals surface area contributed by atoms with Gasteiger partial charge in [0, 0.05) is 25.5 Å². The van der Waals surface area contributed by atoms with Gasteiger partial charge in [0.1, 0.15) is 0 Å². The summed E-state index contributed by atoms with van der Waals surface area (Å²) in [6.45, 7) is 0. The van der Waals surface area contributed by atoms with Crippen molar-refractivity contribution in [2.75, 3.05) is 5.32 Å². The van der Waals surface area contributed by atoms with Gasteiger partial charge in [-0.2, -0.15) is 0 Å².